The second-order valence-corrected chi connectivity index (χ2v) is 3.21. The van der Waals surface area contributed by atoms with Crippen molar-refractivity contribution >= 4 is 17.3 Å². The molecule has 0 saturated heterocycles. The highest BCUT2D eigenvalue weighted by Gasteiger charge is 1.93. The highest BCUT2D eigenvalue weighted by atomic mass is 32.1. The second kappa shape index (κ2) is 6.31. The molecule has 0 bridgehead atoms. The monoisotopic (exact) mass is 213 g/mol. The van der Waals surface area contributed by atoms with Gasteiger partial charge in [-0.1, -0.05) is 5.21 Å². The molecular weight excluding hydrogens is 198 g/mol. The fourth-order valence-electron chi connectivity index (χ4n) is 1.02. The number of rotatable bonds is 5. The van der Waals surface area contributed by atoms with Gasteiger partial charge >= 0.3 is 0 Å². The molecule has 0 radical (unpaired) electrons. The van der Waals surface area contributed by atoms with E-state index in [-0.39, 0.29) is 0 Å². The summed E-state index contributed by atoms with van der Waals surface area (Å²) in [5.74, 6) is 0. The summed E-state index contributed by atoms with van der Waals surface area (Å²) < 4.78 is 1.80. The minimum atomic E-state index is 0.714. The molecule has 0 fully saturated rings. The maximum absolute atomic E-state index is 5.01. The lowest BCUT2D eigenvalue weighted by atomic mass is 10.4. The molecule has 0 aliphatic rings. The molecule has 14 heavy (non-hydrogen) atoms. The normalized spacial score (nSPS) is 9.79. The van der Waals surface area contributed by atoms with Crippen molar-refractivity contribution in [2.75, 3.05) is 13.1 Å². The largest absolute Gasteiger partial charge is 0.363 e. The highest BCUT2D eigenvalue weighted by Crippen LogP contribution is 1.85. The first-order valence-electron chi connectivity index (χ1n) is 4.68. The van der Waals surface area contributed by atoms with E-state index < -0.39 is 0 Å². The Labute approximate surface area is 88.9 Å². The van der Waals surface area contributed by atoms with Gasteiger partial charge in [-0.25, -0.2) is 0 Å². The third-order valence-electron chi connectivity index (χ3n) is 1.66. The van der Waals surface area contributed by atoms with Crippen LogP contribution in [0.4, 0.5) is 0 Å². The molecule has 0 spiro atoms. The summed E-state index contributed by atoms with van der Waals surface area (Å²) in [5, 5.41) is 14.4. The van der Waals surface area contributed by atoms with Crippen molar-refractivity contribution in [3.8, 4) is 0 Å². The SMILES string of the molecule is CCNC(=S)NCCCn1ccnn1. The predicted molar refractivity (Wildman–Crippen MR) is 58.9 cm³/mol. The molecule has 1 rings (SSSR count). The van der Waals surface area contributed by atoms with Gasteiger partial charge < -0.3 is 10.6 Å². The van der Waals surface area contributed by atoms with Crippen molar-refractivity contribution in [2.24, 2.45) is 0 Å². The van der Waals surface area contributed by atoms with E-state index in [4.69, 9.17) is 12.2 Å². The van der Waals surface area contributed by atoms with E-state index in [1.54, 1.807) is 10.9 Å². The Balaban J connectivity index is 2.02. The molecule has 0 saturated carbocycles. The Hall–Kier alpha value is -1.17. The van der Waals surface area contributed by atoms with Gasteiger partial charge in [0.05, 0.1) is 6.20 Å². The van der Waals surface area contributed by atoms with Gasteiger partial charge in [0, 0.05) is 25.8 Å². The van der Waals surface area contributed by atoms with E-state index >= 15 is 0 Å². The lowest BCUT2D eigenvalue weighted by Gasteiger charge is -2.07. The number of hydrogen-bond donors (Lipinski definition) is 2. The van der Waals surface area contributed by atoms with Crippen LogP contribution in [-0.2, 0) is 6.54 Å². The minimum absolute atomic E-state index is 0.714. The van der Waals surface area contributed by atoms with Crippen LogP contribution in [0.15, 0.2) is 12.4 Å². The average Bonchev–Trinajstić information content (AvgIpc) is 2.65. The van der Waals surface area contributed by atoms with Crippen LogP contribution >= 0.6 is 12.2 Å². The maximum atomic E-state index is 5.01. The average molecular weight is 213 g/mol. The predicted octanol–water partition coefficient (Wildman–Crippen LogP) is 0.152. The molecule has 0 aliphatic carbocycles. The van der Waals surface area contributed by atoms with Crippen molar-refractivity contribution in [3.63, 3.8) is 0 Å². The number of thiocarbonyl (C=S) groups is 1. The molecule has 0 aromatic carbocycles. The smallest absolute Gasteiger partial charge is 0.166 e. The maximum Gasteiger partial charge on any atom is 0.166 e. The summed E-state index contributed by atoms with van der Waals surface area (Å²) in [7, 11) is 0. The molecule has 5 nitrogen and oxygen atoms in total. The summed E-state index contributed by atoms with van der Waals surface area (Å²) in [6.07, 6.45) is 4.51. The van der Waals surface area contributed by atoms with Gasteiger partial charge in [-0.15, -0.1) is 5.10 Å². The van der Waals surface area contributed by atoms with Crippen molar-refractivity contribution < 1.29 is 0 Å². The molecule has 6 heteroatoms. The Kier molecular flexibility index (Phi) is 4.92. The zero-order valence-corrected chi connectivity index (χ0v) is 9.05. The number of hydrogen-bond acceptors (Lipinski definition) is 3. The van der Waals surface area contributed by atoms with Crippen molar-refractivity contribution in [1.29, 1.82) is 0 Å². The Morgan fingerprint density at radius 1 is 1.50 bits per heavy atom. The van der Waals surface area contributed by atoms with E-state index in [1.165, 1.54) is 0 Å². The van der Waals surface area contributed by atoms with E-state index in [2.05, 4.69) is 20.9 Å². The lowest BCUT2D eigenvalue weighted by molar-refractivity contribution is 0.553. The van der Waals surface area contributed by atoms with Crippen LogP contribution in [0.2, 0.25) is 0 Å². The molecule has 78 valence electrons. The fraction of sp³-hybridized carbons (Fsp3) is 0.625. The molecule has 0 atom stereocenters. The molecule has 2 N–H and O–H groups in total. The molecule has 0 unspecified atom stereocenters. The quantitative estimate of drug-likeness (QED) is 0.539. The summed E-state index contributed by atoms with van der Waals surface area (Å²) in [4.78, 5) is 0. The minimum Gasteiger partial charge on any atom is -0.363 e. The lowest BCUT2D eigenvalue weighted by Crippen LogP contribution is -2.35. The Bertz CT molecular complexity index is 259. The zero-order chi connectivity index (χ0) is 10.2. The third kappa shape index (κ3) is 4.18. The summed E-state index contributed by atoms with van der Waals surface area (Å²) in [6, 6.07) is 0. The Morgan fingerprint density at radius 3 is 3.00 bits per heavy atom. The van der Waals surface area contributed by atoms with E-state index in [0.29, 0.717) is 5.11 Å². The number of aryl methyl sites for hydroxylation is 1. The van der Waals surface area contributed by atoms with Gasteiger partial charge in [-0.2, -0.15) is 0 Å². The van der Waals surface area contributed by atoms with Crippen molar-refractivity contribution in [3.05, 3.63) is 12.4 Å². The number of aromatic nitrogens is 3. The van der Waals surface area contributed by atoms with Gasteiger partial charge in [0.25, 0.3) is 0 Å². The van der Waals surface area contributed by atoms with Crippen LogP contribution in [0, 0.1) is 0 Å². The summed E-state index contributed by atoms with van der Waals surface area (Å²) >= 11 is 5.01. The topological polar surface area (TPSA) is 54.8 Å². The van der Waals surface area contributed by atoms with Crippen LogP contribution in [0.1, 0.15) is 13.3 Å². The zero-order valence-electron chi connectivity index (χ0n) is 8.23. The molecule has 1 heterocycles. The number of nitrogens with zero attached hydrogens (tertiary/aromatic N) is 3. The molecule has 1 aromatic rings. The van der Waals surface area contributed by atoms with Gasteiger partial charge in [0.15, 0.2) is 5.11 Å². The molecule has 0 aliphatic heterocycles. The first-order valence-corrected chi connectivity index (χ1v) is 5.09. The van der Waals surface area contributed by atoms with Gasteiger partial charge in [-0.05, 0) is 25.6 Å². The van der Waals surface area contributed by atoms with Crippen molar-refractivity contribution in [2.45, 2.75) is 19.9 Å². The fourth-order valence-corrected chi connectivity index (χ4v) is 1.26. The number of nitrogens with one attached hydrogen (secondary N) is 2. The van der Waals surface area contributed by atoms with Crippen LogP contribution in [0.3, 0.4) is 0 Å². The summed E-state index contributed by atoms with van der Waals surface area (Å²) in [5.41, 5.74) is 0. The van der Waals surface area contributed by atoms with Crippen LogP contribution in [-0.4, -0.2) is 33.2 Å². The van der Waals surface area contributed by atoms with E-state index in [1.807, 2.05) is 13.1 Å². The molecular formula is C8H15N5S. The van der Waals surface area contributed by atoms with Gasteiger partial charge in [-0.3, -0.25) is 4.68 Å². The van der Waals surface area contributed by atoms with E-state index in [0.717, 1.165) is 26.1 Å². The van der Waals surface area contributed by atoms with Crippen LogP contribution in [0.5, 0.6) is 0 Å². The summed E-state index contributed by atoms with van der Waals surface area (Å²) in [6.45, 7) is 4.59. The first kappa shape index (κ1) is 10.9. The van der Waals surface area contributed by atoms with E-state index in [9.17, 15) is 0 Å². The second-order valence-electron chi connectivity index (χ2n) is 2.81. The standard InChI is InChI=1S/C8H15N5S/c1-2-9-8(14)10-4-3-6-13-7-5-11-12-13/h5,7H,2-4,6H2,1H3,(H2,9,10,14). The molecule has 1 aromatic heterocycles. The molecule has 0 amide bonds. The van der Waals surface area contributed by atoms with Gasteiger partial charge in [0.1, 0.15) is 0 Å². The third-order valence-corrected chi connectivity index (χ3v) is 1.95. The first-order chi connectivity index (χ1) is 6.83. The Morgan fingerprint density at radius 2 is 2.36 bits per heavy atom. The van der Waals surface area contributed by atoms with Crippen LogP contribution in [0.25, 0.3) is 0 Å². The van der Waals surface area contributed by atoms with Gasteiger partial charge in [0.2, 0.25) is 0 Å². The van der Waals surface area contributed by atoms with Crippen molar-refractivity contribution in [1.82, 2.24) is 25.6 Å². The highest BCUT2D eigenvalue weighted by molar-refractivity contribution is 7.80. The van der Waals surface area contributed by atoms with Crippen LogP contribution < -0.4 is 10.6 Å².